The van der Waals surface area contributed by atoms with E-state index in [1.165, 1.54) is 6.07 Å². The smallest absolute Gasteiger partial charge is 1.00 e. The van der Waals surface area contributed by atoms with Gasteiger partial charge in [-0.2, -0.15) is 8.42 Å². The average molecular weight is 290 g/mol. The second kappa shape index (κ2) is 6.23. The predicted molar refractivity (Wildman–Crippen MR) is 70.1 cm³/mol. The Morgan fingerprint density at radius 2 is 1.44 bits per heavy atom. The number of rotatable bonds is 2. The van der Waals surface area contributed by atoms with E-state index in [4.69, 9.17) is 4.55 Å². The summed E-state index contributed by atoms with van der Waals surface area (Å²) < 4.78 is 31.7. The third-order valence-electron chi connectivity index (χ3n) is 2.36. The molecular formula is C12H11NaO3S2. The van der Waals surface area contributed by atoms with E-state index in [2.05, 4.69) is 12.6 Å². The Balaban J connectivity index is 0.00000162. The van der Waals surface area contributed by atoms with Crippen LogP contribution in [0, 0.1) is 0 Å². The largest absolute Gasteiger partial charge is 1.00 e. The molecule has 0 aliphatic rings. The SMILES string of the molecule is O=S(=O)(O)c1ccccc1-c1ccccc1S.[H-].[Na+]. The van der Waals surface area contributed by atoms with E-state index < -0.39 is 10.1 Å². The Hall–Kier alpha value is -0.300. The van der Waals surface area contributed by atoms with E-state index in [1.807, 2.05) is 6.07 Å². The Labute approximate surface area is 135 Å². The summed E-state index contributed by atoms with van der Waals surface area (Å²) in [4.78, 5) is 0.546. The molecular weight excluding hydrogens is 279 g/mol. The van der Waals surface area contributed by atoms with Gasteiger partial charge in [-0.05, 0) is 17.7 Å². The zero-order chi connectivity index (χ0) is 12.5. The van der Waals surface area contributed by atoms with E-state index in [-0.39, 0.29) is 35.9 Å². The van der Waals surface area contributed by atoms with Crippen LogP contribution >= 0.6 is 12.6 Å². The molecule has 0 unspecified atom stereocenters. The van der Waals surface area contributed by atoms with Gasteiger partial charge in [0.15, 0.2) is 0 Å². The molecule has 90 valence electrons. The minimum Gasteiger partial charge on any atom is -1.00 e. The van der Waals surface area contributed by atoms with Crippen molar-refractivity contribution in [2.45, 2.75) is 9.79 Å². The van der Waals surface area contributed by atoms with Crippen LogP contribution in [0.2, 0.25) is 0 Å². The summed E-state index contributed by atoms with van der Waals surface area (Å²) in [5, 5.41) is 0. The minimum atomic E-state index is -4.23. The monoisotopic (exact) mass is 290 g/mol. The second-order valence-electron chi connectivity index (χ2n) is 3.49. The quantitative estimate of drug-likeness (QED) is 0.465. The summed E-state index contributed by atoms with van der Waals surface area (Å²) in [7, 11) is -4.23. The molecule has 0 heterocycles. The van der Waals surface area contributed by atoms with Crippen LogP contribution in [-0.2, 0) is 10.1 Å². The van der Waals surface area contributed by atoms with E-state index >= 15 is 0 Å². The fourth-order valence-electron chi connectivity index (χ4n) is 1.62. The molecule has 0 bridgehead atoms. The maximum absolute atomic E-state index is 11.3. The van der Waals surface area contributed by atoms with Gasteiger partial charge < -0.3 is 1.43 Å². The van der Waals surface area contributed by atoms with E-state index in [1.54, 1.807) is 36.4 Å². The first-order valence-corrected chi connectivity index (χ1v) is 6.74. The molecule has 2 rings (SSSR count). The van der Waals surface area contributed by atoms with Gasteiger partial charge in [0.2, 0.25) is 0 Å². The summed E-state index contributed by atoms with van der Waals surface area (Å²) in [5.41, 5.74) is 1.12. The van der Waals surface area contributed by atoms with Crippen molar-refractivity contribution >= 4 is 22.7 Å². The Morgan fingerprint density at radius 3 is 2.00 bits per heavy atom. The molecule has 1 N–H and O–H groups in total. The van der Waals surface area contributed by atoms with Gasteiger partial charge in [0.25, 0.3) is 10.1 Å². The van der Waals surface area contributed by atoms with Crippen molar-refractivity contribution in [3.05, 3.63) is 48.5 Å². The van der Waals surface area contributed by atoms with Gasteiger partial charge >= 0.3 is 29.6 Å². The fraction of sp³-hybridized carbons (Fsp3) is 0. The van der Waals surface area contributed by atoms with Crippen LogP contribution < -0.4 is 29.6 Å². The summed E-state index contributed by atoms with van der Waals surface area (Å²) in [6, 6.07) is 13.4. The Kier molecular flexibility index (Phi) is 5.46. The number of benzene rings is 2. The van der Waals surface area contributed by atoms with E-state index in [9.17, 15) is 8.42 Å². The van der Waals surface area contributed by atoms with Crippen molar-refractivity contribution in [2.24, 2.45) is 0 Å². The first-order valence-electron chi connectivity index (χ1n) is 4.85. The molecule has 0 saturated carbocycles. The van der Waals surface area contributed by atoms with Crippen LogP contribution in [0.4, 0.5) is 0 Å². The van der Waals surface area contributed by atoms with Crippen molar-refractivity contribution in [1.29, 1.82) is 0 Å². The van der Waals surface area contributed by atoms with Gasteiger partial charge in [-0.25, -0.2) is 0 Å². The average Bonchev–Trinajstić information content (AvgIpc) is 2.28. The molecule has 0 spiro atoms. The van der Waals surface area contributed by atoms with Crippen molar-refractivity contribution in [2.75, 3.05) is 0 Å². The molecule has 0 fully saturated rings. The summed E-state index contributed by atoms with van der Waals surface area (Å²) in [6.07, 6.45) is 0. The third kappa shape index (κ3) is 3.38. The number of thiol groups is 1. The molecule has 0 aromatic heterocycles. The molecule has 0 aliphatic heterocycles. The molecule has 0 radical (unpaired) electrons. The van der Waals surface area contributed by atoms with Gasteiger partial charge in [-0.15, -0.1) is 12.6 Å². The zero-order valence-corrected chi connectivity index (χ0v) is 13.4. The predicted octanol–water partition coefficient (Wildman–Crippen LogP) is 0.00550. The standard InChI is InChI=1S/C12H10O3S2.Na.H/c13-17(14,15)12-8-4-2-6-10(12)9-5-1-3-7-11(9)16;;/h1-8,16H,(H,13,14,15);;/q;+1;-1. The topological polar surface area (TPSA) is 54.4 Å². The first-order chi connectivity index (χ1) is 8.00. The van der Waals surface area contributed by atoms with Crippen LogP contribution in [0.1, 0.15) is 1.43 Å². The van der Waals surface area contributed by atoms with Crippen LogP contribution in [-0.4, -0.2) is 13.0 Å². The number of hydrogen-bond donors (Lipinski definition) is 2. The van der Waals surface area contributed by atoms with E-state index in [0.29, 0.717) is 16.0 Å². The van der Waals surface area contributed by atoms with Gasteiger partial charge in [-0.1, -0.05) is 36.4 Å². The van der Waals surface area contributed by atoms with Crippen LogP contribution in [0.5, 0.6) is 0 Å². The fourth-order valence-corrected chi connectivity index (χ4v) is 2.60. The maximum Gasteiger partial charge on any atom is 1.00 e. The number of hydrogen-bond acceptors (Lipinski definition) is 3. The molecule has 0 aliphatic carbocycles. The molecule has 2 aromatic carbocycles. The minimum absolute atomic E-state index is 0. The molecule has 0 saturated heterocycles. The molecule has 3 nitrogen and oxygen atoms in total. The molecule has 18 heavy (non-hydrogen) atoms. The van der Waals surface area contributed by atoms with Crippen molar-refractivity contribution in [3.8, 4) is 11.1 Å². The molecule has 6 heteroatoms. The van der Waals surface area contributed by atoms with Crippen molar-refractivity contribution in [1.82, 2.24) is 0 Å². The van der Waals surface area contributed by atoms with Crippen LogP contribution in [0.25, 0.3) is 11.1 Å². The van der Waals surface area contributed by atoms with Gasteiger partial charge in [0, 0.05) is 10.5 Å². The van der Waals surface area contributed by atoms with Gasteiger partial charge in [-0.3, -0.25) is 4.55 Å². The summed E-state index contributed by atoms with van der Waals surface area (Å²) in [6.45, 7) is 0. The van der Waals surface area contributed by atoms with Crippen LogP contribution in [0.3, 0.4) is 0 Å². The molecule has 0 atom stereocenters. The third-order valence-corrected chi connectivity index (χ3v) is 3.66. The van der Waals surface area contributed by atoms with Crippen molar-refractivity contribution in [3.63, 3.8) is 0 Å². The van der Waals surface area contributed by atoms with Crippen LogP contribution in [0.15, 0.2) is 58.3 Å². The Bertz CT molecular complexity index is 660. The maximum atomic E-state index is 11.3. The zero-order valence-electron chi connectivity index (χ0n) is 10.7. The normalized spacial score (nSPS) is 10.8. The Morgan fingerprint density at radius 1 is 0.944 bits per heavy atom. The van der Waals surface area contributed by atoms with Crippen molar-refractivity contribution < 1.29 is 44.0 Å². The van der Waals surface area contributed by atoms with E-state index in [0.717, 1.165) is 0 Å². The van der Waals surface area contributed by atoms with Gasteiger partial charge in [0.1, 0.15) is 4.90 Å². The second-order valence-corrected chi connectivity index (χ2v) is 5.36. The van der Waals surface area contributed by atoms with Gasteiger partial charge in [0.05, 0.1) is 0 Å². The first kappa shape index (κ1) is 15.8. The summed E-state index contributed by atoms with van der Waals surface area (Å²) >= 11 is 4.28. The summed E-state index contributed by atoms with van der Waals surface area (Å²) in [5.74, 6) is 0. The molecule has 0 amide bonds. The molecule has 2 aromatic rings.